The Bertz CT molecular complexity index is 495. The predicted molar refractivity (Wildman–Crippen MR) is 222 cm³/mol. The molecule has 0 unspecified atom stereocenters. The smallest absolute Gasteiger partial charge is 0.00773 e. The summed E-state index contributed by atoms with van der Waals surface area (Å²) >= 11 is 0. The van der Waals surface area contributed by atoms with Crippen LogP contribution in [-0.2, 0) is 0 Å². The highest BCUT2D eigenvalue weighted by Crippen LogP contribution is 2.42. The molecule has 0 saturated heterocycles. The van der Waals surface area contributed by atoms with Gasteiger partial charge < -0.3 is 5.73 Å². The highest BCUT2D eigenvalue weighted by Gasteiger charge is 2.28. The van der Waals surface area contributed by atoms with E-state index >= 15 is 0 Å². The summed E-state index contributed by atoms with van der Waals surface area (Å²) in [6.07, 6.45) is 61.5. The maximum atomic E-state index is 5.71. The van der Waals surface area contributed by atoms with E-state index in [1.165, 1.54) is 270 Å². The highest BCUT2D eigenvalue weighted by atomic mass is 14.5. The van der Waals surface area contributed by atoms with Crippen LogP contribution in [0.3, 0.4) is 0 Å². The highest BCUT2D eigenvalue weighted by molar-refractivity contribution is 4.80. The second kappa shape index (κ2) is 41.4. The van der Waals surface area contributed by atoms with Gasteiger partial charge in [-0.3, -0.25) is 0 Å². The van der Waals surface area contributed by atoms with Crippen molar-refractivity contribution >= 4 is 0 Å². The number of nitrogens with two attached hydrogens (primary N) is 1. The normalized spacial score (nSPS) is 12.0. The van der Waals surface area contributed by atoms with Crippen molar-refractivity contribution < 1.29 is 0 Å². The van der Waals surface area contributed by atoms with Crippen LogP contribution >= 0.6 is 0 Å². The van der Waals surface area contributed by atoms with Crippen molar-refractivity contribution in [2.24, 2.45) is 11.1 Å². The summed E-state index contributed by atoms with van der Waals surface area (Å²) in [5.74, 6) is 0. The van der Waals surface area contributed by atoms with E-state index in [-0.39, 0.29) is 0 Å². The molecule has 290 valence electrons. The van der Waals surface area contributed by atoms with Crippen LogP contribution in [0.5, 0.6) is 0 Å². The molecule has 0 amide bonds. The molecule has 0 fully saturated rings. The van der Waals surface area contributed by atoms with Crippen LogP contribution < -0.4 is 5.73 Å². The molecule has 0 heterocycles. The van der Waals surface area contributed by atoms with Gasteiger partial charge in [0.2, 0.25) is 0 Å². The second-order valence-electron chi connectivity index (χ2n) is 16.7. The molecular formula is C47H97N. The van der Waals surface area contributed by atoms with Gasteiger partial charge in [0.1, 0.15) is 0 Å². The fourth-order valence-electron chi connectivity index (χ4n) is 8.42. The van der Waals surface area contributed by atoms with Gasteiger partial charge in [0.25, 0.3) is 0 Å². The molecule has 0 rings (SSSR count). The lowest BCUT2D eigenvalue weighted by Crippen LogP contribution is -2.21. The first-order chi connectivity index (χ1) is 23.7. The quantitative estimate of drug-likeness (QED) is 0.0640. The molecule has 0 aromatic heterocycles. The Morgan fingerprint density at radius 3 is 0.583 bits per heavy atom. The third-order valence-electron chi connectivity index (χ3n) is 11.8. The predicted octanol–water partition coefficient (Wildman–Crippen LogP) is 17.4. The Morgan fingerprint density at radius 2 is 0.396 bits per heavy atom. The average molecular weight is 676 g/mol. The Morgan fingerprint density at radius 1 is 0.229 bits per heavy atom. The zero-order chi connectivity index (χ0) is 34.9. The van der Waals surface area contributed by atoms with Gasteiger partial charge in [0, 0.05) is 0 Å². The minimum Gasteiger partial charge on any atom is -0.330 e. The van der Waals surface area contributed by atoms with Gasteiger partial charge in [0.05, 0.1) is 0 Å². The van der Waals surface area contributed by atoms with Gasteiger partial charge in [-0.25, -0.2) is 0 Å². The number of rotatable bonds is 43. The number of unbranched alkanes of at least 4 members (excludes halogenated alkanes) is 34. The van der Waals surface area contributed by atoms with Crippen molar-refractivity contribution in [3.63, 3.8) is 0 Å². The molecule has 0 bridgehead atoms. The van der Waals surface area contributed by atoms with Gasteiger partial charge in [-0.15, -0.1) is 0 Å². The van der Waals surface area contributed by atoms with E-state index in [0.717, 1.165) is 6.54 Å². The van der Waals surface area contributed by atoms with Crippen LogP contribution in [0.15, 0.2) is 0 Å². The van der Waals surface area contributed by atoms with E-state index in [1.54, 1.807) is 0 Å². The minimum atomic E-state index is 0.654. The van der Waals surface area contributed by atoms with E-state index in [1.807, 2.05) is 0 Å². The molecule has 0 aliphatic carbocycles. The summed E-state index contributed by atoms with van der Waals surface area (Å²) in [5, 5.41) is 0. The summed E-state index contributed by atoms with van der Waals surface area (Å²) in [6, 6.07) is 0. The topological polar surface area (TPSA) is 26.0 Å². The molecule has 0 aromatic rings. The fraction of sp³-hybridized carbons (Fsp3) is 1.00. The number of hydrogen-bond donors (Lipinski definition) is 1. The Balaban J connectivity index is 4.86. The van der Waals surface area contributed by atoms with E-state index in [4.69, 9.17) is 5.73 Å². The van der Waals surface area contributed by atoms with Crippen LogP contribution in [0.2, 0.25) is 0 Å². The maximum Gasteiger partial charge on any atom is -0.00773 e. The van der Waals surface area contributed by atoms with Crippen LogP contribution in [0, 0.1) is 5.41 Å². The Hall–Kier alpha value is -0.0400. The molecule has 0 aliphatic rings. The van der Waals surface area contributed by atoms with Gasteiger partial charge in [-0.2, -0.15) is 0 Å². The molecule has 48 heavy (non-hydrogen) atoms. The Labute approximate surface area is 307 Å². The molecule has 0 saturated carbocycles. The molecule has 0 radical (unpaired) electrons. The summed E-state index contributed by atoms with van der Waals surface area (Å²) in [6.45, 7) is 7.87. The second-order valence-corrected chi connectivity index (χ2v) is 16.7. The van der Waals surface area contributed by atoms with Crippen LogP contribution in [0.25, 0.3) is 0 Å². The lowest BCUT2D eigenvalue weighted by Gasteiger charge is -2.35. The summed E-state index contributed by atoms with van der Waals surface area (Å²) in [4.78, 5) is 0. The maximum absolute atomic E-state index is 5.71. The van der Waals surface area contributed by atoms with Gasteiger partial charge in [-0.05, 0) is 44.1 Å². The first-order valence-corrected chi connectivity index (χ1v) is 23.4. The minimum absolute atomic E-state index is 0.654. The summed E-state index contributed by atoms with van der Waals surface area (Å²) < 4.78 is 0. The zero-order valence-corrected chi connectivity index (χ0v) is 34.5. The molecule has 2 N–H and O–H groups in total. The van der Waals surface area contributed by atoms with Crippen molar-refractivity contribution in [1.82, 2.24) is 0 Å². The molecule has 1 nitrogen and oxygen atoms in total. The van der Waals surface area contributed by atoms with Crippen molar-refractivity contribution in [1.29, 1.82) is 0 Å². The van der Waals surface area contributed by atoms with Crippen LogP contribution in [0.4, 0.5) is 0 Å². The first kappa shape index (κ1) is 48.0. The van der Waals surface area contributed by atoms with Gasteiger partial charge >= 0.3 is 0 Å². The molecule has 0 aliphatic heterocycles. The molecular weight excluding hydrogens is 579 g/mol. The molecule has 0 aromatic carbocycles. The monoisotopic (exact) mass is 676 g/mol. The molecule has 0 spiro atoms. The van der Waals surface area contributed by atoms with Crippen molar-refractivity contribution in [2.75, 3.05) is 6.54 Å². The standard InChI is InChI=1S/C47H97N/c1-4-7-10-13-16-19-22-27-32-37-42-47(45-40-35-30-25-26-31-36-41-46-48,43-38-33-28-23-20-17-14-11-8-5-2)44-39-34-29-24-21-18-15-12-9-6-3/h4-46,48H2,1-3H3. The third-order valence-corrected chi connectivity index (χ3v) is 11.8. The molecule has 0 atom stereocenters. The van der Waals surface area contributed by atoms with Crippen molar-refractivity contribution in [2.45, 2.75) is 290 Å². The zero-order valence-electron chi connectivity index (χ0n) is 34.5. The van der Waals surface area contributed by atoms with Gasteiger partial charge in [-0.1, -0.05) is 258 Å². The van der Waals surface area contributed by atoms with E-state index in [2.05, 4.69) is 20.8 Å². The number of hydrogen-bond acceptors (Lipinski definition) is 1. The lowest BCUT2D eigenvalue weighted by atomic mass is 9.70. The Kier molecular flexibility index (Phi) is 41.3. The van der Waals surface area contributed by atoms with Crippen molar-refractivity contribution in [3.8, 4) is 0 Å². The SMILES string of the molecule is CCCCCCCCCCCCC(CCCCCCCCCCN)(CCCCCCCCCCCC)CCCCCCCCCCCC. The summed E-state index contributed by atoms with van der Waals surface area (Å²) in [7, 11) is 0. The third kappa shape index (κ3) is 35.8. The lowest BCUT2D eigenvalue weighted by molar-refractivity contribution is 0.171. The van der Waals surface area contributed by atoms with Crippen LogP contribution in [-0.4, -0.2) is 6.54 Å². The fourth-order valence-corrected chi connectivity index (χ4v) is 8.42. The van der Waals surface area contributed by atoms with Crippen molar-refractivity contribution in [3.05, 3.63) is 0 Å². The van der Waals surface area contributed by atoms with E-state index < -0.39 is 0 Å². The first-order valence-electron chi connectivity index (χ1n) is 23.4. The van der Waals surface area contributed by atoms with Gasteiger partial charge in [0.15, 0.2) is 0 Å². The average Bonchev–Trinajstić information content (AvgIpc) is 3.10. The van der Waals surface area contributed by atoms with E-state index in [0.29, 0.717) is 5.41 Å². The largest absolute Gasteiger partial charge is 0.330 e. The van der Waals surface area contributed by atoms with Crippen LogP contribution in [0.1, 0.15) is 290 Å². The van der Waals surface area contributed by atoms with E-state index in [9.17, 15) is 0 Å². The summed E-state index contributed by atoms with van der Waals surface area (Å²) in [5.41, 5.74) is 6.36. The molecule has 1 heteroatoms.